The third kappa shape index (κ3) is 2.92. The lowest BCUT2D eigenvalue weighted by atomic mass is 9.71. The summed E-state index contributed by atoms with van der Waals surface area (Å²) in [4.78, 5) is 16.5. The van der Waals surface area contributed by atoms with Crippen molar-refractivity contribution in [3.63, 3.8) is 0 Å². The Kier molecular flexibility index (Phi) is 4.28. The zero-order chi connectivity index (χ0) is 20.7. The number of anilines is 1. The molecule has 0 aliphatic heterocycles. The fraction of sp³-hybridized carbons (Fsp3) is 0.208. The summed E-state index contributed by atoms with van der Waals surface area (Å²) >= 11 is 0. The van der Waals surface area contributed by atoms with E-state index in [1.54, 1.807) is 23.7 Å². The van der Waals surface area contributed by atoms with E-state index in [0.717, 1.165) is 47.3 Å². The van der Waals surface area contributed by atoms with Gasteiger partial charge >= 0.3 is 0 Å². The third-order valence-electron chi connectivity index (χ3n) is 5.93. The Labute approximate surface area is 174 Å². The quantitative estimate of drug-likeness (QED) is 0.541. The normalized spacial score (nSPS) is 15.0. The van der Waals surface area contributed by atoms with Crippen LogP contribution < -0.4 is 11.1 Å². The fourth-order valence-corrected chi connectivity index (χ4v) is 4.32. The summed E-state index contributed by atoms with van der Waals surface area (Å²) in [5, 5.41) is 7.65. The van der Waals surface area contributed by atoms with Crippen molar-refractivity contribution in [2.45, 2.75) is 31.7 Å². The van der Waals surface area contributed by atoms with E-state index < -0.39 is 0 Å². The van der Waals surface area contributed by atoms with Crippen molar-refractivity contribution in [1.82, 2.24) is 19.9 Å². The fourth-order valence-electron chi connectivity index (χ4n) is 4.32. The maximum atomic E-state index is 11.7. The van der Waals surface area contributed by atoms with Crippen LogP contribution in [-0.2, 0) is 10.3 Å². The Bertz CT molecular complexity index is 1220. The monoisotopic (exact) mass is 397 g/mol. The number of nitrogens with two attached hydrogens (primary N) is 1. The first-order chi connectivity index (χ1) is 14.6. The molecule has 5 rings (SSSR count). The molecule has 0 atom stereocenters. The minimum atomic E-state index is -0.239. The summed E-state index contributed by atoms with van der Waals surface area (Å²) < 4.78 is 1.80. The van der Waals surface area contributed by atoms with Gasteiger partial charge in [0, 0.05) is 18.1 Å². The number of fused-ring (bicyclic) bond motifs is 1. The maximum Gasteiger partial charge on any atom is 0.217 e. The number of amides is 1. The molecular formula is C24H23N5O. The smallest absolute Gasteiger partial charge is 0.217 e. The second-order valence-corrected chi connectivity index (χ2v) is 7.89. The standard InChI is InChI=1S/C24H23N5O/c1-16(30)28-24(13-5-14-24)19-10-8-17(9-11-19)21-22(18-6-3-2-4-7-18)29-23(27-21)20(25)12-15-26-29/h2-4,6-12,15H,5,13-14,25H2,1H3,(H,28,30). The first-order valence-corrected chi connectivity index (χ1v) is 10.2. The molecule has 0 bridgehead atoms. The summed E-state index contributed by atoms with van der Waals surface area (Å²) in [6.07, 6.45) is 4.75. The number of carbonyl (C=O) groups excluding carboxylic acids is 1. The van der Waals surface area contributed by atoms with E-state index >= 15 is 0 Å². The molecule has 6 nitrogen and oxygen atoms in total. The predicted molar refractivity (Wildman–Crippen MR) is 118 cm³/mol. The van der Waals surface area contributed by atoms with E-state index in [4.69, 9.17) is 10.7 Å². The van der Waals surface area contributed by atoms with Gasteiger partial charge in [-0.2, -0.15) is 5.10 Å². The van der Waals surface area contributed by atoms with E-state index in [0.29, 0.717) is 11.3 Å². The van der Waals surface area contributed by atoms with Crippen LogP contribution in [0.1, 0.15) is 31.7 Å². The van der Waals surface area contributed by atoms with E-state index in [9.17, 15) is 4.79 Å². The highest BCUT2D eigenvalue weighted by Crippen LogP contribution is 2.42. The van der Waals surface area contributed by atoms with E-state index in [2.05, 4.69) is 34.7 Å². The van der Waals surface area contributed by atoms with Gasteiger partial charge in [0.1, 0.15) is 5.69 Å². The van der Waals surface area contributed by atoms with Gasteiger partial charge in [-0.25, -0.2) is 9.50 Å². The van der Waals surface area contributed by atoms with Crippen LogP contribution in [0.25, 0.3) is 28.2 Å². The Balaban J connectivity index is 1.63. The topological polar surface area (TPSA) is 85.3 Å². The number of nitrogen functional groups attached to an aromatic ring is 1. The van der Waals surface area contributed by atoms with Gasteiger partial charge in [0.2, 0.25) is 5.91 Å². The van der Waals surface area contributed by atoms with Crippen LogP contribution in [-0.4, -0.2) is 20.5 Å². The van der Waals surface area contributed by atoms with Gasteiger partial charge in [0.25, 0.3) is 0 Å². The lowest BCUT2D eigenvalue weighted by molar-refractivity contribution is -0.122. The number of hydrogen-bond acceptors (Lipinski definition) is 4. The number of aromatic nitrogens is 3. The molecule has 30 heavy (non-hydrogen) atoms. The Morgan fingerprint density at radius 2 is 1.77 bits per heavy atom. The first kappa shape index (κ1) is 18.4. The van der Waals surface area contributed by atoms with Crippen LogP contribution in [0.5, 0.6) is 0 Å². The molecule has 0 saturated heterocycles. The predicted octanol–water partition coefficient (Wildman–Crippen LogP) is 4.16. The van der Waals surface area contributed by atoms with Crippen LogP contribution in [0.2, 0.25) is 0 Å². The van der Waals surface area contributed by atoms with Crippen molar-refractivity contribution in [3.8, 4) is 22.5 Å². The highest BCUT2D eigenvalue weighted by molar-refractivity contribution is 5.84. The molecule has 1 aliphatic rings. The minimum absolute atomic E-state index is 0.00652. The summed E-state index contributed by atoms with van der Waals surface area (Å²) in [5.41, 5.74) is 12.1. The number of rotatable bonds is 4. The molecule has 1 amide bonds. The highest BCUT2D eigenvalue weighted by Gasteiger charge is 2.39. The first-order valence-electron chi connectivity index (χ1n) is 10.2. The molecule has 2 aromatic carbocycles. The molecule has 1 aliphatic carbocycles. The molecule has 6 heteroatoms. The largest absolute Gasteiger partial charge is 0.396 e. The average molecular weight is 397 g/mol. The molecule has 3 N–H and O–H groups in total. The molecule has 0 radical (unpaired) electrons. The van der Waals surface area contributed by atoms with Crippen LogP contribution >= 0.6 is 0 Å². The maximum absolute atomic E-state index is 11.7. The molecule has 4 aromatic rings. The lowest BCUT2D eigenvalue weighted by Crippen LogP contribution is -2.50. The van der Waals surface area contributed by atoms with Crippen molar-refractivity contribution in [2.75, 3.05) is 5.73 Å². The van der Waals surface area contributed by atoms with Gasteiger partial charge in [-0.05, 0) is 30.9 Å². The number of benzene rings is 2. The third-order valence-corrected chi connectivity index (χ3v) is 5.93. The molecular weight excluding hydrogens is 374 g/mol. The number of imidazole rings is 1. The number of nitrogens with zero attached hydrogens (tertiary/aromatic N) is 3. The van der Waals surface area contributed by atoms with Crippen LogP contribution in [0, 0.1) is 0 Å². The van der Waals surface area contributed by atoms with Crippen molar-refractivity contribution < 1.29 is 4.79 Å². The van der Waals surface area contributed by atoms with Crippen molar-refractivity contribution in [2.24, 2.45) is 0 Å². The van der Waals surface area contributed by atoms with Gasteiger partial charge in [-0.1, -0.05) is 54.6 Å². The zero-order valence-corrected chi connectivity index (χ0v) is 16.8. The van der Waals surface area contributed by atoms with Crippen molar-refractivity contribution in [3.05, 3.63) is 72.4 Å². The molecule has 2 heterocycles. The molecule has 1 saturated carbocycles. The van der Waals surface area contributed by atoms with E-state index in [-0.39, 0.29) is 11.4 Å². The average Bonchev–Trinajstić information content (AvgIpc) is 3.12. The van der Waals surface area contributed by atoms with Crippen molar-refractivity contribution in [1.29, 1.82) is 0 Å². The molecule has 1 fully saturated rings. The van der Waals surface area contributed by atoms with Gasteiger partial charge in [-0.3, -0.25) is 4.79 Å². The number of hydrogen-bond donors (Lipinski definition) is 2. The minimum Gasteiger partial charge on any atom is -0.396 e. The Morgan fingerprint density at radius 1 is 1.03 bits per heavy atom. The summed E-state index contributed by atoms with van der Waals surface area (Å²) in [6, 6.07) is 20.2. The van der Waals surface area contributed by atoms with Crippen LogP contribution in [0.4, 0.5) is 5.69 Å². The Hall–Kier alpha value is -3.67. The zero-order valence-electron chi connectivity index (χ0n) is 16.8. The Morgan fingerprint density at radius 3 is 2.40 bits per heavy atom. The molecule has 0 spiro atoms. The van der Waals surface area contributed by atoms with Crippen LogP contribution in [0.15, 0.2) is 66.9 Å². The number of carbonyl (C=O) groups is 1. The van der Waals surface area contributed by atoms with Crippen molar-refractivity contribution >= 4 is 17.2 Å². The van der Waals surface area contributed by atoms with Gasteiger partial charge in [-0.15, -0.1) is 0 Å². The van der Waals surface area contributed by atoms with Gasteiger partial charge in [0.05, 0.1) is 23.1 Å². The summed E-state index contributed by atoms with van der Waals surface area (Å²) in [6.45, 7) is 1.58. The molecule has 2 aromatic heterocycles. The van der Waals surface area contributed by atoms with Gasteiger partial charge in [0.15, 0.2) is 5.65 Å². The highest BCUT2D eigenvalue weighted by atomic mass is 16.1. The second-order valence-electron chi connectivity index (χ2n) is 7.89. The van der Waals surface area contributed by atoms with Gasteiger partial charge < -0.3 is 11.1 Å². The van der Waals surface area contributed by atoms with E-state index in [1.165, 1.54) is 0 Å². The second kappa shape index (κ2) is 6.99. The van der Waals surface area contributed by atoms with E-state index in [1.807, 2.05) is 30.3 Å². The van der Waals surface area contributed by atoms with Crippen LogP contribution in [0.3, 0.4) is 0 Å². The molecule has 0 unspecified atom stereocenters. The number of nitrogens with one attached hydrogen (secondary N) is 1. The SMILES string of the molecule is CC(=O)NC1(c2ccc(-c3nc4c(N)ccnn4c3-c3ccccc3)cc2)CCC1. The summed E-state index contributed by atoms with van der Waals surface area (Å²) in [7, 11) is 0. The lowest BCUT2D eigenvalue weighted by Gasteiger charge is -2.43. The summed E-state index contributed by atoms with van der Waals surface area (Å²) in [5.74, 6) is 0.00652. The molecule has 150 valence electrons.